The Balaban J connectivity index is 2.02. The number of halogens is 1. The second-order valence-electron chi connectivity index (χ2n) is 4.61. The van der Waals surface area contributed by atoms with Crippen LogP contribution in [-0.4, -0.2) is 15.6 Å². The van der Waals surface area contributed by atoms with E-state index in [4.69, 9.17) is 27.5 Å². The van der Waals surface area contributed by atoms with E-state index in [0.717, 1.165) is 22.6 Å². The molecule has 3 N–H and O–H groups in total. The summed E-state index contributed by atoms with van der Waals surface area (Å²) in [6.45, 7) is 2.28. The van der Waals surface area contributed by atoms with Gasteiger partial charge in [-0.15, -0.1) is 0 Å². The maximum absolute atomic E-state index is 7.25. The van der Waals surface area contributed by atoms with Gasteiger partial charge in [0.25, 0.3) is 0 Å². The zero-order valence-corrected chi connectivity index (χ0v) is 12.2. The van der Waals surface area contributed by atoms with E-state index in [1.807, 2.05) is 31.2 Å². The molecule has 0 amide bonds. The van der Waals surface area contributed by atoms with Crippen LogP contribution in [0.5, 0.6) is 5.75 Å². The molecule has 1 heterocycles. The van der Waals surface area contributed by atoms with Crippen molar-refractivity contribution in [1.82, 2.24) is 9.78 Å². The van der Waals surface area contributed by atoms with Gasteiger partial charge in [-0.3, -0.25) is 10.1 Å². The fourth-order valence-electron chi connectivity index (χ4n) is 1.92. The van der Waals surface area contributed by atoms with Crippen molar-refractivity contribution in [3.63, 3.8) is 0 Å². The van der Waals surface area contributed by atoms with Crippen molar-refractivity contribution in [2.45, 2.75) is 20.0 Å². The maximum Gasteiger partial charge on any atom is 0.133 e. The maximum atomic E-state index is 7.25. The van der Waals surface area contributed by atoms with E-state index < -0.39 is 0 Å². The summed E-state index contributed by atoms with van der Waals surface area (Å²) in [5, 5.41) is 12.1. The van der Waals surface area contributed by atoms with Gasteiger partial charge in [0, 0.05) is 19.0 Å². The smallest absolute Gasteiger partial charge is 0.133 e. The number of aryl methyl sites for hydroxylation is 2. The lowest BCUT2D eigenvalue weighted by atomic mass is 10.1. The van der Waals surface area contributed by atoms with Gasteiger partial charge >= 0.3 is 0 Å². The van der Waals surface area contributed by atoms with Gasteiger partial charge in [0.2, 0.25) is 0 Å². The minimum absolute atomic E-state index is 0.149. The third-order valence-corrected chi connectivity index (χ3v) is 3.44. The minimum Gasteiger partial charge on any atom is -0.489 e. The van der Waals surface area contributed by atoms with Crippen molar-refractivity contribution in [3.05, 3.63) is 46.2 Å². The number of nitrogens with zero attached hydrogens (tertiary/aromatic N) is 2. The Hall–Kier alpha value is -2.01. The summed E-state index contributed by atoms with van der Waals surface area (Å²) in [5.41, 5.74) is 8.10. The Morgan fingerprint density at radius 1 is 1.40 bits per heavy atom. The first-order valence-electron chi connectivity index (χ1n) is 6.20. The summed E-state index contributed by atoms with van der Waals surface area (Å²) in [4.78, 5) is 0. The standard InChI is InChI=1S/C14H17ClN4O/c1-9-12(14(15)19(2)18-9)8-20-11-5-3-10(4-6-11)7-13(16)17/h3-6H,7-8H2,1-2H3,(H3,16,17). The second-order valence-corrected chi connectivity index (χ2v) is 4.97. The van der Waals surface area contributed by atoms with Crippen molar-refractivity contribution in [3.8, 4) is 5.75 Å². The number of rotatable bonds is 5. The third kappa shape index (κ3) is 3.30. The summed E-state index contributed by atoms with van der Waals surface area (Å²) >= 11 is 6.15. The molecule has 0 aliphatic heterocycles. The molecule has 0 aliphatic carbocycles. The highest BCUT2D eigenvalue weighted by Gasteiger charge is 2.11. The van der Waals surface area contributed by atoms with E-state index in [9.17, 15) is 0 Å². The van der Waals surface area contributed by atoms with E-state index in [0.29, 0.717) is 18.2 Å². The Morgan fingerprint density at radius 2 is 2.05 bits per heavy atom. The first-order valence-corrected chi connectivity index (χ1v) is 6.57. The van der Waals surface area contributed by atoms with Crippen LogP contribution in [0.4, 0.5) is 0 Å². The first-order chi connectivity index (χ1) is 9.47. The van der Waals surface area contributed by atoms with Gasteiger partial charge < -0.3 is 10.5 Å². The lowest BCUT2D eigenvalue weighted by Crippen LogP contribution is -2.12. The van der Waals surface area contributed by atoms with Gasteiger partial charge in [0.05, 0.1) is 11.5 Å². The highest BCUT2D eigenvalue weighted by molar-refractivity contribution is 6.30. The highest BCUT2D eigenvalue weighted by atomic mass is 35.5. The highest BCUT2D eigenvalue weighted by Crippen LogP contribution is 2.21. The van der Waals surface area contributed by atoms with Crippen LogP contribution in [0.15, 0.2) is 24.3 Å². The number of ether oxygens (including phenoxy) is 1. The van der Waals surface area contributed by atoms with Crippen molar-refractivity contribution in [2.24, 2.45) is 12.8 Å². The zero-order chi connectivity index (χ0) is 14.7. The summed E-state index contributed by atoms with van der Waals surface area (Å²) in [6.07, 6.45) is 0.452. The number of nitrogens with two attached hydrogens (primary N) is 1. The first kappa shape index (κ1) is 14.4. The molecule has 20 heavy (non-hydrogen) atoms. The molecule has 106 valence electrons. The molecule has 0 saturated heterocycles. The van der Waals surface area contributed by atoms with E-state index >= 15 is 0 Å². The van der Waals surface area contributed by atoms with Gasteiger partial charge in [-0.2, -0.15) is 5.10 Å². The Bertz CT molecular complexity index is 619. The zero-order valence-electron chi connectivity index (χ0n) is 11.5. The van der Waals surface area contributed by atoms with Crippen LogP contribution >= 0.6 is 11.6 Å². The normalized spacial score (nSPS) is 10.6. The van der Waals surface area contributed by atoms with Crippen molar-refractivity contribution >= 4 is 17.4 Å². The molecular weight excluding hydrogens is 276 g/mol. The monoisotopic (exact) mass is 292 g/mol. The number of nitrogens with one attached hydrogen (secondary N) is 1. The Kier molecular flexibility index (Phi) is 4.29. The predicted molar refractivity (Wildman–Crippen MR) is 79.3 cm³/mol. The molecule has 2 rings (SSSR count). The number of amidine groups is 1. The van der Waals surface area contributed by atoms with Crippen molar-refractivity contribution < 1.29 is 4.74 Å². The topological polar surface area (TPSA) is 76.9 Å². The van der Waals surface area contributed by atoms with Crippen LogP contribution in [0.1, 0.15) is 16.8 Å². The Labute approximate surface area is 122 Å². The number of hydrogen-bond donors (Lipinski definition) is 2. The average Bonchev–Trinajstić information content (AvgIpc) is 2.62. The molecule has 5 nitrogen and oxygen atoms in total. The van der Waals surface area contributed by atoms with Crippen molar-refractivity contribution in [2.75, 3.05) is 0 Å². The number of hydrogen-bond acceptors (Lipinski definition) is 3. The molecule has 1 aromatic carbocycles. The third-order valence-electron chi connectivity index (χ3n) is 2.97. The van der Waals surface area contributed by atoms with E-state index in [-0.39, 0.29) is 5.84 Å². The fraction of sp³-hybridized carbons (Fsp3) is 0.286. The van der Waals surface area contributed by atoms with Gasteiger partial charge in [-0.1, -0.05) is 23.7 Å². The molecule has 0 radical (unpaired) electrons. The number of aromatic nitrogens is 2. The molecule has 1 aromatic heterocycles. The summed E-state index contributed by atoms with van der Waals surface area (Å²) in [5.74, 6) is 0.896. The SMILES string of the molecule is Cc1nn(C)c(Cl)c1COc1ccc(CC(=N)N)cc1. The molecule has 0 fully saturated rings. The molecule has 0 bridgehead atoms. The van der Waals surface area contributed by atoms with Crippen LogP contribution in [0.2, 0.25) is 5.15 Å². The van der Waals surface area contributed by atoms with Crippen LogP contribution in [0.25, 0.3) is 0 Å². The van der Waals surface area contributed by atoms with E-state index in [1.54, 1.807) is 11.7 Å². The summed E-state index contributed by atoms with van der Waals surface area (Å²) < 4.78 is 7.33. The van der Waals surface area contributed by atoms with Gasteiger partial charge in [0.15, 0.2) is 0 Å². The second kappa shape index (κ2) is 5.96. The molecule has 0 spiro atoms. The average molecular weight is 293 g/mol. The van der Waals surface area contributed by atoms with Crippen LogP contribution < -0.4 is 10.5 Å². The molecular formula is C14H17ClN4O. The van der Waals surface area contributed by atoms with Crippen LogP contribution in [0, 0.1) is 12.3 Å². The fourth-order valence-corrected chi connectivity index (χ4v) is 2.15. The summed E-state index contributed by atoms with van der Waals surface area (Å²) in [6, 6.07) is 7.51. The molecule has 0 aliphatic rings. The lowest BCUT2D eigenvalue weighted by molar-refractivity contribution is 0.305. The lowest BCUT2D eigenvalue weighted by Gasteiger charge is -2.07. The molecule has 0 atom stereocenters. The number of benzene rings is 1. The van der Waals surface area contributed by atoms with Crippen molar-refractivity contribution in [1.29, 1.82) is 5.41 Å². The van der Waals surface area contributed by atoms with Crippen LogP contribution in [0.3, 0.4) is 0 Å². The largest absolute Gasteiger partial charge is 0.489 e. The van der Waals surface area contributed by atoms with Gasteiger partial charge in [0.1, 0.15) is 17.5 Å². The Morgan fingerprint density at radius 3 is 2.55 bits per heavy atom. The molecule has 2 aromatic rings. The minimum atomic E-state index is 0.149. The summed E-state index contributed by atoms with van der Waals surface area (Å²) in [7, 11) is 1.80. The molecule has 6 heteroatoms. The van der Waals surface area contributed by atoms with E-state index in [2.05, 4.69) is 5.10 Å². The molecule has 0 unspecified atom stereocenters. The quantitative estimate of drug-likeness (QED) is 0.656. The molecule has 0 saturated carbocycles. The van der Waals surface area contributed by atoms with E-state index in [1.165, 1.54) is 0 Å². The van der Waals surface area contributed by atoms with Crippen LogP contribution in [-0.2, 0) is 20.1 Å². The van der Waals surface area contributed by atoms with Gasteiger partial charge in [-0.25, -0.2) is 0 Å². The predicted octanol–water partition coefficient (Wildman–Crippen LogP) is 2.44. The van der Waals surface area contributed by atoms with Gasteiger partial charge in [-0.05, 0) is 24.6 Å².